The van der Waals surface area contributed by atoms with Gasteiger partial charge in [-0.2, -0.15) is 0 Å². The van der Waals surface area contributed by atoms with Crippen LogP contribution in [0.1, 0.15) is 45.4 Å². The van der Waals surface area contributed by atoms with Crippen molar-refractivity contribution in [3.8, 4) is 0 Å². The lowest BCUT2D eigenvalue weighted by Gasteiger charge is -1.99. The lowest BCUT2D eigenvalue weighted by Crippen LogP contribution is -1.99. The minimum absolute atomic E-state index is 0.106. The van der Waals surface area contributed by atoms with Gasteiger partial charge in [0, 0.05) is 6.42 Å². The first-order chi connectivity index (χ1) is 12.6. The molecule has 4 heteroatoms. The Hall–Kier alpha value is -2.17. The summed E-state index contributed by atoms with van der Waals surface area (Å²) in [7, 11) is 0. The van der Waals surface area contributed by atoms with E-state index < -0.39 is 18.2 Å². The third-order valence-electron chi connectivity index (χ3n) is 3.29. The van der Waals surface area contributed by atoms with Crippen LogP contribution in [-0.2, 0) is 4.79 Å². The van der Waals surface area contributed by atoms with E-state index in [-0.39, 0.29) is 6.42 Å². The molecule has 0 aromatic heterocycles. The minimum Gasteiger partial charge on any atom is -0.481 e. The Kier molecular flexibility index (Phi) is 16.2. The highest BCUT2D eigenvalue weighted by Gasteiger charge is 1.95. The van der Waals surface area contributed by atoms with Gasteiger partial charge in [-0.15, -0.1) is 0 Å². The Bertz CT molecular complexity index is 524. The predicted octanol–water partition coefficient (Wildman–Crippen LogP) is 4.49. The number of carboxylic acids is 1. The summed E-state index contributed by atoms with van der Waals surface area (Å²) in [6.07, 6.45) is 24.7. The van der Waals surface area contributed by atoms with Crippen molar-refractivity contribution < 1.29 is 20.1 Å². The summed E-state index contributed by atoms with van der Waals surface area (Å²) in [5, 5.41) is 28.0. The summed E-state index contributed by atoms with van der Waals surface area (Å²) < 4.78 is 0. The van der Waals surface area contributed by atoms with Crippen molar-refractivity contribution in [1.29, 1.82) is 0 Å². The fourth-order valence-electron chi connectivity index (χ4n) is 1.90. The second-order valence-electron chi connectivity index (χ2n) is 5.75. The van der Waals surface area contributed by atoms with Crippen LogP contribution in [0.15, 0.2) is 72.9 Å². The van der Waals surface area contributed by atoms with Gasteiger partial charge in [-0.05, 0) is 32.1 Å². The molecule has 0 unspecified atom stereocenters. The Morgan fingerprint density at radius 1 is 0.808 bits per heavy atom. The zero-order chi connectivity index (χ0) is 19.5. The standard InChI is InChI=1S/C22H32O4/c1-2-3-4-5-6-10-15-20(23)16-11-7-8-12-17-21(24)18-13-9-14-19-22(25)26/h3-4,6-13,16-17,20-21,23-24H,2,5,14-15,18-19H2,1H3,(H,25,26)/t20-,21-/m0/s1. The van der Waals surface area contributed by atoms with Crippen LogP contribution in [0.2, 0.25) is 0 Å². The molecule has 144 valence electrons. The van der Waals surface area contributed by atoms with E-state index in [9.17, 15) is 15.0 Å². The zero-order valence-corrected chi connectivity index (χ0v) is 15.6. The number of aliphatic hydroxyl groups is 2. The number of hydrogen-bond donors (Lipinski definition) is 3. The average Bonchev–Trinajstić information content (AvgIpc) is 2.60. The van der Waals surface area contributed by atoms with Crippen molar-refractivity contribution in [1.82, 2.24) is 0 Å². The fraction of sp³-hybridized carbons (Fsp3) is 0.409. The molecule has 4 nitrogen and oxygen atoms in total. The van der Waals surface area contributed by atoms with Gasteiger partial charge >= 0.3 is 5.97 Å². The highest BCUT2D eigenvalue weighted by Crippen LogP contribution is 2.00. The summed E-state index contributed by atoms with van der Waals surface area (Å²) in [5.41, 5.74) is 0. The molecule has 0 aromatic rings. The highest BCUT2D eigenvalue weighted by molar-refractivity contribution is 5.66. The number of aliphatic hydroxyl groups excluding tert-OH is 2. The third kappa shape index (κ3) is 18.2. The minimum atomic E-state index is -0.821. The van der Waals surface area contributed by atoms with Crippen LogP contribution < -0.4 is 0 Å². The van der Waals surface area contributed by atoms with E-state index in [2.05, 4.69) is 19.1 Å². The van der Waals surface area contributed by atoms with E-state index in [1.165, 1.54) is 0 Å². The molecule has 0 heterocycles. The number of carboxylic acid groups (broad SMARTS) is 1. The molecule has 0 saturated heterocycles. The molecule has 3 N–H and O–H groups in total. The molecular weight excluding hydrogens is 328 g/mol. The van der Waals surface area contributed by atoms with E-state index in [1.807, 2.05) is 12.2 Å². The van der Waals surface area contributed by atoms with E-state index >= 15 is 0 Å². The highest BCUT2D eigenvalue weighted by atomic mass is 16.4. The van der Waals surface area contributed by atoms with Crippen LogP contribution in [0.4, 0.5) is 0 Å². The molecule has 0 aliphatic rings. The van der Waals surface area contributed by atoms with Gasteiger partial charge in [-0.1, -0.05) is 79.8 Å². The molecule has 0 amide bonds. The van der Waals surface area contributed by atoms with Gasteiger partial charge in [0.25, 0.3) is 0 Å². The van der Waals surface area contributed by atoms with Crippen LogP contribution in [0, 0.1) is 0 Å². The monoisotopic (exact) mass is 360 g/mol. The molecule has 0 radical (unpaired) electrons. The summed E-state index contributed by atoms with van der Waals surface area (Å²) in [5.74, 6) is -0.821. The molecule has 0 aromatic carbocycles. The van der Waals surface area contributed by atoms with E-state index in [1.54, 1.807) is 48.6 Å². The molecule has 0 bridgehead atoms. The van der Waals surface area contributed by atoms with Gasteiger partial charge in [0.1, 0.15) is 0 Å². The Morgan fingerprint density at radius 3 is 1.88 bits per heavy atom. The van der Waals surface area contributed by atoms with Gasteiger partial charge in [0.05, 0.1) is 12.2 Å². The van der Waals surface area contributed by atoms with Crippen LogP contribution in [-0.4, -0.2) is 33.5 Å². The first-order valence-electron chi connectivity index (χ1n) is 9.10. The maximum absolute atomic E-state index is 10.3. The first-order valence-corrected chi connectivity index (χ1v) is 9.10. The number of hydrogen-bond acceptors (Lipinski definition) is 3. The van der Waals surface area contributed by atoms with Crippen LogP contribution >= 0.6 is 0 Å². The zero-order valence-electron chi connectivity index (χ0n) is 15.6. The van der Waals surface area contributed by atoms with Crippen molar-refractivity contribution >= 4 is 5.97 Å². The van der Waals surface area contributed by atoms with Crippen molar-refractivity contribution in [2.24, 2.45) is 0 Å². The number of rotatable bonds is 14. The van der Waals surface area contributed by atoms with Gasteiger partial charge in [-0.3, -0.25) is 4.79 Å². The predicted molar refractivity (Wildman–Crippen MR) is 108 cm³/mol. The molecule has 0 rings (SSSR count). The number of aliphatic carboxylic acids is 1. The second-order valence-corrected chi connectivity index (χ2v) is 5.75. The SMILES string of the molecule is CCC=CCC=CC[C@H](O)C=CC=CC=C[C@H](O)CC=CCCC(=O)O. The third-order valence-corrected chi connectivity index (χ3v) is 3.29. The summed E-state index contributed by atoms with van der Waals surface area (Å²) in [6, 6.07) is 0. The molecule has 2 atom stereocenters. The van der Waals surface area contributed by atoms with Crippen molar-refractivity contribution in [2.75, 3.05) is 0 Å². The lowest BCUT2D eigenvalue weighted by molar-refractivity contribution is -0.136. The number of allylic oxidation sites excluding steroid dienone is 8. The lowest BCUT2D eigenvalue weighted by atomic mass is 10.2. The molecule has 0 saturated carbocycles. The smallest absolute Gasteiger partial charge is 0.303 e. The van der Waals surface area contributed by atoms with Crippen molar-refractivity contribution in [3.05, 3.63) is 72.9 Å². The van der Waals surface area contributed by atoms with Gasteiger partial charge < -0.3 is 15.3 Å². The first kappa shape index (κ1) is 23.8. The van der Waals surface area contributed by atoms with Gasteiger partial charge in [0.2, 0.25) is 0 Å². The molecule has 0 fully saturated rings. The largest absolute Gasteiger partial charge is 0.481 e. The van der Waals surface area contributed by atoms with Crippen LogP contribution in [0.3, 0.4) is 0 Å². The molecule has 0 spiro atoms. The Labute approximate surface area is 157 Å². The average molecular weight is 360 g/mol. The van der Waals surface area contributed by atoms with E-state index in [4.69, 9.17) is 5.11 Å². The Balaban J connectivity index is 3.91. The van der Waals surface area contributed by atoms with Crippen molar-refractivity contribution in [3.63, 3.8) is 0 Å². The van der Waals surface area contributed by atoms with Crippen molar-refractivity contribution in [2.45, 2.75) is 57.7 Å². The molecule has 0 aliphatic heterocycles. The van der Waals surface area contributed by atoms with Gasteiger partial charge in [0.15, 0.2) is 0 Å². The normalized spacial score (nSPS) is 15.5. The maximum atomic E-state index is 10.3. The second kappa shape index (κ2) is 17.6. The molecule has 0 aliphatic carbocycles. The molecule has 26 heavy (non-hydrogen) atoms. The Morgan fingerprint density at radius 2 is 1.35 bits per heavy atom. The van der Waals surface area contributed by atoms with Crippen LogP contribution in [0.5, 0.6) is 0 Å². The topological polar surface area (TPSA) is 77.8 Å². The fourth-order valence-corrected chi connectivity index (χ4v) is 1.90. The van der Waals surface area contributed by atoms with E-state index in [0.29, 0.717) is 19.3 Å². The molecular formula is C22H32O4. The maximum Gasteiger partial charge on any atom is 0.303 e. The quantitative estimate of drug-likeness (QED) is 0.315. The summed E-state index contributed by atoms with van der Waals surface area (Å²) >= 11 is 0. The number of carbonyl (C=O) groups is 1. The van der Waals surface area contributed by atoms with Gasteiger partial charge in [-0.25, -0.2) is 0 Å². The van der Waals surface area contributed by atoms with Crippen LogP contribution in [0.25, 0.3) is 0 Å². The van der Waals surface area contributed by atoms with E-state index in [0.717, 1.165) is 12.8 Å². The summed E-state index contributed by atoms with van der Waals surface area (Å²) in [4.78, 5) is 10.3. The summed E-state index contributed by atoms with van der Waals surface area (Å²) in [6.45, 7) is 2.10.